The van der Waals surface area contributed by atoms with Crippen molar-refractivity contribution in [2.75, 3.05) is 28.4 Å². The predicted octanol–water partition coefficient (Wildman–Crippen LogP) is 7.70. The summed E-state index contributed by atoms with van der Waals surface area (Å²) in [6, 6.07) is 31.2. The topological polar surface area (TPSA) is 174 Å². The minimum absolute atomic E-state index is 0.0405. The van der Waals surface area contributed by atoms with Crippen LogP contribution in [0, 0.1) is 5.41 Å². The average molecular weight is 806 g/mol. The fraction of sp³-hybridized carbons (Fsp3) is 0.149. The molecule has 0 saturated carbocycles. The van der Waals surface area contributed by atoms with Crippen molar-refractivity contribution in [3.8, 4) is 45.6 Å². The second-order valence-electron chi connectivity index (χ2n) is 13.9. The number of benzene rings is 5. The Morgan fingerprint density at radius 1 is 0.683 bits per heavy atom. The molecular weight excluding hydrogens is 767 g/mol. The lowest BCUT2D eigenvalue weighted by molar-refractivity contribution is -0.136. The molecule has 0 saturated heterocycles. The van der Waals surface area contributed by atoms with Crippen molar-refractivity contribution in [3.63, 3.8) is 0 Å². The van der Waals surface area contributed by atoms with E-state index in [0.29, 0.717) is 44.3 Å². The second kappa shape index (κ2) is 16.3. The number of carbonyl (C=O) groups is 2. The van der Waals surface area contributed by atoms with Gasteiger partial charge >= 0.3 is 17.6 Å². The molecule has 302 valence electrons. The number of nitrogens with zero attached hydrogens (tertiary/aromatic N) is 1. The van der Waals surface area contributed by atoms with E-state index in [9.17, 15) is 14.4 Å². The number of nitrogens with two attached hydrogens (primary N) is 1. The smallest absolute Gasteiger partial charge is 0.361 e. The molecule has 0 aliphatic carbocycles. The number of aromatic nitrogens is 1. The van der Waals surface area contributed by atoms with Crippen LogP contribution in [0.4, 0.5) is 0 Å². The number of pyridine rings is 1. The monoisotopic (exact) mass is 805 g/mol. The Hall–Kier alpha value is -7.64. The van der Waals surface area contributed by atoms with E-state index in [4.69, 9.17) is 44.0 Å². The minimum atomic E-state index is -0.936. The van der Waals surface area contributed by atoms with E-state index >= 15 is 0 Å². The summed E-state index contributed by atoms with van der Waals surface area (Å²) in [7, 11) is 5.97. The van der Waals surface area contributed by atoms with Gasteiger partial charge in [-0.05, 0) is 64.9 Å². The summed E-state index contributed by atoms with van der Waals surface area (Å²) in [4.78, 5) is 40.6. The van der Waals surface area contributed by atoms with Crippen molar-refractivity contribution >= 4 is 55.8 Å². The number of methoxy groups -OCH3 is 4. The fourth-order valence-electron chi connectivity index (χ4n) is 7.42. The summed E-state index contributed by atoms with van der Waals surface area (Å²) >= 11 is 0. The maximum Gasteiger partial charge on any atom is 0.361 e. The van der Waals surface area contributed by atoms with Gasteiger partial charge in [-0.2, -0.15) is 0 Å². The first kappa shape index (κ1) is 39.2. The van der Waals surface area contributed by atoms with E-state index in [-0.39, 0.29) is 52.7 Å². The zero-order valence-corrected chi connectivity index (χ0v) is 33.1. The maximum absolute atomic E-state index is 14.2. The van der Waals surface area contributed by atoms with E-state index in [2.05, 4.69) is 0 Å². The third-order valence-electron chi connectivity index (χ3n) is 10.3. The first-order valence-corrected chi connectivity index (χ1v) is 18.8. The molecule has 0 aliphatic rings. The Kier molecular flexibility index (Phi) is 10.7. The molecule has 8 aromatic rings. The van der Waals surface area contributed by atoms with E-state index in [1.807, 2.05) is 78.9 Å². The molecule has 3 heterocycles. The first-order chi connectivity index (χ1) is 29.1. The lowest BCUT2D eigenvalue weighted by atomic mass is 9.97. The number of nitrogens with one attached hydrogen (secondary N) is 1. The quantitative estimate of drug-likeness (QED) is 0.0506. The van der Waals surface area contributed by atoms with Crippen LogP contribution in [-0.4, -0.2) is 56.5 Å². The molecule has 0 aliphatic heterocycles. The van der Waals surface area contributed by atoms with Gasteiger partial charge < -0.3 is 43.0 Å². The van der Waals surface area contributed by atoms with Crippen LogP contribution in [0.3, 0.4) is 0 Å². The highest BCUT2D eigenvalue weighted by Gasteiger charge is 2.27. The molecule has 0 radical (unpaired) electrons. The van der Waals surface area contributed by atoms with Crippen LogP contribution in [-0.2, 0) is 22.4 Å². The molecule has 3 N–H and O–H groups in total. The predicted molar refractivity (Wildman–Crippen MR) is 227 cm³/mol. The number of hydrogen-bond acceptors (Lipinski definition) is 12. The fourth-order valence-corrected chi connectivity index (χ4v) is 7.42. The molecule has 13 heteroatoms. The molecule has 0 bridgehead atoms. The SMILES string of the molecule is COc1cc2ccn3c(c(-c4ccc(OC(=O)[C@@H](N)Cc5ccccc5)c(OC)c4)c4c5cc(OC)c(OC(=O)C(=N)Cc6ccccc6)cc5oc(=O)c43)c2cc1OC. The minimum Gasteiger partial charge on any atom is -0.493 e. The van der Waals surface area contributed by atoms with Gasteiger partial charge in [0.15, 0.2) is 34.5 Å². The van der Waals surface area contributed by atoms with Crippen LogP contribution in [0.1, 0.15) is 11.1 Å². The van der Waals surface area contributed by atoms with Crippen LogP contribution in [0.15, 0.2) is 125 Å². The standard InChI is InChI=1S/C47H39N3O10/c1-54-36-22-29(15-16-34(36)58-45(51)32(48)19-26-11-7-5-8-12-26)41-42-31-24-39(57-4)40(60-46(52)33(49)20-27-13-9-6-10-14-27)25-35(31)59-47(53)44(42)50-18-17-28-21-37(55-2)38(56-3)23-30(28)43(41)50/h5-18,21-25,32,49H,19-20,48H2,1-4H3/t32-/m0/s1. The highest BCUT2D eigenvalue weighted by atomic mass is 16.6. The number of carbonyl (C=O) groups excluding carboxylic acids is 2. The van der Waals surface area contributed by atoms with Gasteiger partial charge in [0.2, 0.25) is 0 Å². The Morgan fingerprint density at radius 2 is 1.30 bits per heavy atom. The van der Waals surface area contributed by atoms with Gasteiger partial charge in [0.05, 0.1) is 34.0 Å². The van der Waals surface area contributed by atoms with Crippen LogP contribution >= 0.6 is 0 Å². The summed E-state index contributed by atoms with van der Waals surface area (Å²) in [6.07, 6.45) is 2.10. The highest BCUT2D eigenvalue weighted by Crippen LogP contribution is 2.46. The van der Waals surface area contributed by atoms with Gasteiger partial charge in [0.1, 0.15) is 22.9 Å². The molecule has 1 atom stereocenters. The third-order valence-corrected chi connectivity index (χ3v) is 10.3. The van der Waals surface area contributed by atoms with E-state index in [1.165, 1.54) is 27.4 Å². The van der Waals surface area contributed by atoms with Crippen molar-refractivity contribution in [1.82, 2.24) is 4.40 Å². The van der Waals surface area contributed by atoms with Crippen LogP contribution in [0.5, 0.6) is 34.5 Å². The van der Waals surface area contributed by atoms with Crippen LogP contribution in [0.2, 0.25) is 0 Å². The Balaban J connectivity index is 1.31. The molecule has 0 fully saturated rings. The molecule has 0 unspecified atom stereocenters. The second-order valence-corrected chi connectivity index (χ2v) is 13.9. The van der Waals surface area contributed by atoms with Gasteiger partial charge in [-0.3, -0.25) is 5.41 Å². The summed E-state index contributed by atoms with van der Waals surface area (Å²) in [5.41, 5.74) is 9.07. The van der Waals surface area contributed by atoms with Gasteiger partial charge in [0.25, 0.3) is 0 Å². The first-order valence-electron chi connectivity index (χ1n) is 18.8. The van der Waals surface area contributed by atoms with Crippen molar-refractivity contribution in [3.05, 3.63) is 137 Å². The van der Waals surface area contributed by atoms with Gasteiger partial charge in [-0.15, -0.1) is 0 Å². The Morgan fingerprint density at radius 3 is 1.98 bits per heavy atom. The lowest BCUT2D eigenvalue weighted by Gasteiger charge is -2.15. The Bertz CT molecular complexity index is 3030. The van der Waals surface area contributed by atoms with E-state index in [1.54, 1.807) is 42.0 Å². The largest absolute Gasteiger partial charge is 0.493 e. The third kappa shape index (κ3) is 7.22. The molecule has 13 nitrogen and oxygen atoms in total. The molecule has 5 aromatic carbocycles. The molecular formula is C47H39N3O10. The summed E-state index contributed by atoms with van der Waals surface area (Å²) in [5, 5.41) is 10.8. The molecule has 60 heavy (non-hydrogen) atoms. The number of fused-ring (bicyclic) bond motifs is 7. The van der Waals surface area contributed by atoms with E-state index in [0.717, 1.165) is 16.5 Å². The number of ether oxygens (including phenoxy) is 6. The summed E-state index contributed by atoms with van der Waals surface area (Å²) < 4.78 is 42.0. The molecule has 0 spiro atoms. The van der Waals surface area contributed by atoms with Crippen molar-refractivity contribution < 1.29 is 42.4 Å². The summed E-state index contributed by atoms with van der Waals surface area (Å²) in [5.74, 6) is -0.0586. The molecule has 0 amide bonds. The van der Waals surface area contributed by atoms with Gasteiger partial charge in [0, 0.05) is 40.4 Å². The zero-order valence-electron chi connectivity index (χ0n) is 33.1. The van der Waals surface area contributed by atoms with Crippen molar-refractivity contribution in [2.45, 2.75) is 18.9 Å². The zero-order chi connectivity index (χ0) is 42.1. The van der Waals surface area contributed by atoms with Gasteiger partial charge in [-0.25, -0.2) is 14.4 Å². The lowest BCUT2D eigenvalue weighted by Crippen LogP contribution is -2.36. The van der Waals surface area contributed by atoms with E-state index < -0.39 is 23.6 Å². The normalized spacial score (nSPS) is 11.8. The molecule has 3 aromatic heterocycles. The number of rotatable bonds is 13. The Labute approximate surface area is 342 Å². The molecule has 8 rings (SSSR count). The highest BCUT2D eigenvalue weighted by molar-refractivity contribution is 6.36. The maximum atomic E-state index is 14.2. The van der Waals surface area contributed by atoms with Gasteiger partial charge in [-0.1, -0.05) is 66.7 Å². The number of esters is 2. The van der Waals surface area contributed by atoms with Crippen LogP contribution in [0.25, 0.3) is 49.3 Å². The number of hydrogen-bond donors (Lipinski definition) is 2. The average Bonchev–Trinajstić information content (AvgIpc) is 3.63. The van der Waals surface area contributed by atoms with Crippen molar-refractivity contribution in [2.24, 2.45) is 5.73 Å². The van der Waals surface area contributed by atoms with Crippen molar-refractivity contribution in [1.29, 1.82) is 5.41 Å². The summed E-state index contributed by atoms with van der Waals surface area (Å²) in [6.45, 7) is 0. The van der Waals surface area contributed by atoms with Crippen LogP contribution < -0.4 is 39.8 Å².